The molecule has 8 nitrogen and oxygen atoms in total. The number of hydrogen-bond acceptors (Lipinski definition) is 8. The minimum Gasteiger partial charge on any atom is -0.496 e. The summed E-state index contributed by atoms with van der Waals surface area (Å²) in [6.45, 7) is 0.314. The fourth-order valence-corrected chi connectivity index (χ4v) is 3.48. The predicted molar refractivity (Wildman–Crippen MR) is 122 cm³/mol. The molecule has 0 bridgehead atoms. The third kappa shape index (κ3) is 6.43. The number of halogens is 1. The van der Waals surface area contributed by atoms with Gasteiger partial charge < -0.3 is 14.2 Å². The standard InChI is InChI=1S/C21H18BrN3O5S/c1-28-17-8-3-13(9-14(17)12-30-16-6-4-15(22)5-7-16)11-23-25-21-24-20(27)18(31-21)10-19(26)29-2/h3-11H,12H2,1-2H3,(H,24,25,27)/b18-10+,23-11?. The van der Waals surface area contributed by atoms with Gasteiger partial charge in [0.25, 0.3) is 5.91 Å². The van der Waals surface area contributed by atoms with Crippen molar-refractivity contribution in [1.82, 2.24) is 5.32 Å². The zero-order chi connectivity index (χ0) is 22.2. The normalized spacial score (nSPS) is 16.0. The van der Waals surface area contributed by atoms with Crippen LogP contribution in [0.15, 0.2) is 68.1 Å². The molecule has 1 amide bonds. The molecule has 1 heterocycles. The molecular weight excluding hydrogens is 486 g/mol. The number of carbonyl (C=O) groups is 2. The van der Waals surface area contributed by atoms with Crippen LogP contribution >= 0.6 is 27.7 Å². The van der Waals surface area contributed by atoms with Gasteiger partial charge in [0.2, 0.25) is 0 Å². The smallest absolute Gasteiger partial charge is 0.331 e. The fraction of sp³-hybridized carbons (Fsp3) is 0.143. The second-order valence-corrected chi connectivity index (χ2v) is 8.00. The van der Waals surface area contributed by atoms with Crippen molar-refractivity contribution < 1.29 is 23.8 Å². The van der Waals surface area contributed by atoms with Crippen molar-refractivity contribution in [3.63, 3.8) is 0 Å². The molecule has 1 N–H and O–H groups in total. The Bertz CT molecular complexity index is 1070. The number of benzene rings is 2. The monoisotopic (exact) mass is 503 g/mol. The van der Waals surface area contributed by atoms with Crippen molar-refractivity contribution in [3.05, 3.63) is 69.0 Å². The van der Waals surface area contributed by atoms with E-state index in [0.717, 1.165) is 39.2 Å². The van der Waals surface area contributed by atoms with Crippen molar-refractivity contribution in [2.75, 3.05) is 14.2 Å². The van der Waals surface area contributed by atoms with E-state index >= 15 is 0 Å². The lowest BCUT2D eigenvalue weighted by Crippen LogP contribution is -2.19. The average molecular weight is 504 g/mol. The SMILES string of the molecule is COC(=O)/C=C1/S/C(=N\N=Cc2ccc(OC)c(COc3ccc(Br)cc3)c2)NC1=O. The maximum Gasteiger partial charge on any atom is 0.331 e. The molecule has 10 heteroatoms. The van der Waals surface area contributed by atoms with Gasteiger partial charge in [0.15, 0.2) is 5.17 Å². The summed E-state index contributed by atoms with van der Waals surface area (Å²) in [6, 6.07) is 13.1. The van der Waals surface area contributed by atoms with Gasteiger partial charge in [0.05, 0.1) is 25.3 Å². The van der Waals surface area contributed by atoms with Crippen LogP contribution in [-0.2, 0) is 20.9 Å². The van der Waals surface area contributed by atoms with Crippen LogP contribution in [0.1, 0.15) is 11.1 Å². The number of amidine groups is 1. The fourth-order valence-electron chi connectivity index (χ4n) is 2.47. The molecule has 1 aliphatic rings. The van der Waals surface area contributed by atoms with E-state index in [4.69, 9.17) is 9.47 Å². The van der Waals surface area contributed by atoms with E-state index < -0.39 is 11.9 Å². The van der Waals surface area contributed by atoms with Gasteiger partial charge in [-0.15, -0.1) is 5.10 Å². The Morgan fingerprint density at radius 1 is 1.19 bits per heavy atom. The first-order valence-corrected chi connectivity index (χ1v) is 10.5. The van der Waals surface area contributed by atoms with Crippen molar-refractivity contribution in [2.24, 2.45) is 10.2 Å². The lowest BCUT2D eigenvalue weighted by atomic mass is 10.1. The maximum atomic E-state index is 11.8. The molecule has 0 spiro atoms. The van der Waals surface area contributed by atoms with Gasteiger partial charge in [0, 0.05) is 16.1 Å². The van der Waals surface area contributed by atoms with Gasteiger partial charge in [-0.05, 0) is 59.8 Å². The Morgan fingerprint density at radius 3 is 2.68 bits per heavy atom. The molecule has 1 fully saturated rings. The summed E-state index contributed by atoms with van der Waals surface area (Å²) in [5.41, 5.74) is 1.62. The van der Waals surface area contributed by atoms with E-state index in [0.29, 0.717) is 12.4 Å². The molecule has 0 atom stereocenters. The Morgan fingerprint density at radius 2 is 1.97 bits per heavy atom. The lowest BCUT2D eigenvalue weighted by molar-refractivity contribution is -0.135. The molecule has 160 valence electrons. The summed E-state index contributed by atoms with van der Waals surface area (Å²) in [4.78, 5) is 23.3. The molecule has 1 aliphatic heterocycles. The predicted octanol–water partition coefficient (Wildman–Crippen LogP) is 3.65. The third-order valence-electron chi connectivity index (χ3n) is 3.97. The van der Waals surface area contributed by atoms with Gasteiger partial charge in [-0.3, -0.25) is 10.1 Å². The molecule has 0 radical (unpaired) electrons. The summed E-state index contributed by atoms with van der Waals surface area (Å²) in [6.07, 6.45) is 2.65. The first-order valence-electron chi connectivity index (χ1n) is 8.93. The van der Waals surface area contributed by atoms with Crippen molar-refractivity contribution in [2.45, 2.75) is 6.61 Å². The van der Waals surface area contributed by atoms with E-state index in [2.05, 4.69) is 36.2 Å². The number of esters is 1. The number of rotatable bonds is 7. The maximum absolute atomic E-state index is 11.8. The summed E-state index contributed by atoms with van der Waals surface area (Å²) >= 11 is 4.40. The van der Waals surface area contributed by atoms with Crippen molar-refractivity contribution in [3.8, 4) is 11.5 Å². The van der Waals surface area contributed by atoms with E-state index in [1.807, 2.05) is 42.5 Å². The van der Waals surface area contributed by atoms with E-state index in [9.17, 15) is 9.59 Å². The molecule has 31 heavy (non-hydrogen) atoms. The highest BCUT2D eigenvalue weighted by Gasteiger charge is 2.25. The zero-order valence-electron chi connectivity index (χ0n) is 16.6. The highest BCUT2D eigenvalue weighted by Crippen LogP contribution is 2.24. The van der Waals surface area contributed by atoms with Gasteiger partial charge in [-0.2, -0.15) is 5.10 Å². The van der Waals surface area contributed by atoms with Gasteiger partial charge in [-0.1, -0.05) is 15.9 Å². The van der Waals surface area contributed by atoms with Crippen LogP contribution in [-0.4, -0.2) is 37.5 Å². The van der Waals surface area contributed by atoms with E-state index in [-0.39, 0.29) is 10.1 Å². The minimum atomic E-state index is -0.612. The summed E-state index contributed by atoms with van der Waals surface area (Å²) in [7, 11) is 2.83. The van der Waals surface area contributed by atoms with Crippen LogP contribution in [0.4, 0.5) is 0 Å². The van der Waals surface area contributed by atoms with Crippen LogP contribution in [0.5, 0.6) is 11.5 Å². The largest absolute Gasteiger partial charge is 0.496 e. The number of methoxy groups -OCH3 is 2. The van der Waals surface area contributed by atoms with Crippen LogP contribution in [0.25, 0.3) is 0 Å². The second-order valence-electron chi connectivity index (χ2n) is 6.05. The van der Waals surface area contributed by atoms with Crippen LogP contribution in [0.3, 0.4) is 0 Å². The number of nitrogens with zero attached hydrogens (tertiary/aromatic N) is 2. The molecule has 0 unspecified atom stereocenters. The number of hydrogen-bond donors (Lipinski definition) is 1. The van der Waals surface area contributed by atoms with Gasteiger partial charge in [-0.25, -0.2) is 4.79 Å². The highest BCUT2D eigenvalue weighted by molar-refractivity contribution is 9.10. The third-order valence-corrected chi connectivity index (χ3v) is 5.40. The molecule has 0 saturated carbocycles. The molecule has 2 aromatic rings. The van der Waals surface area contributed by atoms with Crippen LogP contribution in [0, 0.1) is 0 Å². The average Bonchev–Trinajstić information content (AvgIpc) is 3.12. The molecular formula is C21H18BrN3O5S. The van der Waals surface area contributed by atoms with E-state index in [1.54, 1.807) is 13.3 Å². The summed E-state index contributed by atoms with van der Waals surface area (Å²) in [5.74, 6) is 0.386. The van der Waals surface area contributed by atoms with Crippen LogP contribution < -0.4 is 14.8 Å². The Hall–Kier alpha value is -3.11. The zero-order valence-corrected chi connectivity index (χ0v) is 19.0. The topological polar surface area (TPSA) is 98.6 Å². The number of ether oxygens (including phenoxy) is 3. The molecule has 3 rings (SSSR count). The number of amides is 1. The first kappa shape index (κ1) is 22.6. The lowest BCUT2D eigenvalue weighted by Gasteiger charge is -2.11. The Labute approximate surface area is 191 Å². The Balaban J connectivity index is 1.68. The summed E-state index contributed by atoms with van der Waals surface area (Å²) < 4.78 is 16.7. The quantitative estimate of drug-likeness (QED) is 0.268. The van der Waals surface area contributed by atoms with Crippen molar-refractivity contribution in [1.29, 1.82) is 0 Å². The second kappa shape index (κ2) is 10.8. The molecule has 2 aromatic carbocycles. The molecule has 1 saturated heterocycles. The summed E-state index contributed by atoms with van der Waals surface area (Å²) in [5, 5.41) is 10.8. The van der Waals surface area contributed by atoms with E-state index in [1.165, 1.54) is 7.11 Å². The van der Waals surface area contributed by atoms with Gasteiger partial charge in [0.1, 0.15) is 18.1 Å². The van der Waals surface area contributed by atoms with Gasteiger partial charge >= 0.3 is 5.97 Å². The molecule has 0 aliphatic carbocycles. The number of carbonyl (C=O) groups excluding carboxylic acids is 2. The first-order chi connectivity index (χ1) is 15.0. The Kier molecular flexibility index (Phi) is 7.85. The number of nitrogens with one attached hydrogen (secondary N) is 1. The van der Waals surface area contributed by atoms with Crippen molar-refractivity contribution >= 4 is 51.0 Å². The minimum absolute atomic E-state index is 0.192. The molecule has 0 aromatic heterocycles. The van der Waals surface area contributed by atoms with Crippen LogP contribution in [0.2, 0.25) is 0 Å². The highest BCUT2D eigenvalue weighted by atomic mass is 79.9. The number of thioether (sulfide) groups is 1.